The van der Waals surface area contributed by atoms with Crippen LogP contribution in [0.2, 0.25) is 0 Å². The van der Waals surface area contributed by atoms with Crippen molar-refractivity contribution in [2.24, 2.45) is 0 Å². The highest BCUT2D eigenvalue weighted by Crippen LogP contribution is 2.30. The number of ether oxygens (including phenoxy) is 1. The number of benzene rings is 2. The van der Waals surface area contributed by atoms with E-state index in [0.717, 1.165) is 5.56 Å². The molecule has 2 N–H and O–H groups in total. The van der Waals surface area contributed by atoms with Gasteiger partial charge in [-0.15, -0.1) is 0 Å². The number of nitrogen functional groups attached to an aromatic ring is 1. The molecule has 0 aliphatic heterocycles. The molecule has 0 fully saturated rings. The zero-order chi connectivity index (χ0) is 15.4. The van der Waals surface area contributed by atoms with Crippen LogP contribution in [0.1, 0.15) is 5.56 Å². The first-order valence-electron chi connectivity index (χ1n) is 6.77. The summed E-state index contributed by atoms with van der Waals surface area (Å²) in [5.74, 6) is 0.214. The topological polar surface area (TPSA) is 61.0 Å². The molecule has 0 aliphatic carbocycles. The Kier molecular flexibility index (Phi) is 3.96. The highest BCUT2D eigenvalue weighted by molar-refractivity contribution is 5.67. The van der Waals surface area contributed by atoms with E-state index in [4.69, 9.17) is 10.5 Å². The van der Waals surface area contributed by atoms with E-state index in [0.29, 0.717) is 23.6 Å². The molecule has 0 saturated heterocycles. The molecule has 0 atom stereocenters. The molecular weight excluding hydrogens is 281 g/mol. The molecule has 0 unspecified atom stereocenters. The Morgan fingerprint density at radius 1 is 1.05 bits per heavy atom. The molecule has 0 saturated carbocycles. The van der Waals surface area contributed by atoms with E-state index >= 15 is 0 Å². The second-order valence-corrected chi connectivity index (χ2v) is 4.71. The van der Waals surface area contributed by atoms with Crippen molar-refractivity contribution in [3.05, 3.63) is 72.2 Å². The molecule has 2 aromatic carbocycles. The summed E-state index contributed by atoms with van der Waals surface area (Å²) >= 11 is 0. The van der Waals surface area contributed by atoms with Crippen molar-refractivity contribution in [3.63, 3.8) is 0 Å². The Morgan fingerprint density at radius 2 is 1.86 bits per heavy atom. The van der Waals surface area contributed by atoms with Gasteiger partial charge in [0.15, 0.2) is 0 Å². The van der Waals surface area contributed by atoms with Crippen LogP contribution in [0, 0.1) is 5.82 Å². The van der Waals surface area contributed by atoms with E-state index in [2.05, 4.69) is 9.97 Å². The summed E-state index contributed by atoms with van der Waals surface area (Å²) in [6.45, 7) is 0.345. The fraction of sp³-hybridized carbons (Fsp3) is 0.0588. The molecule has 110 valence electrons. The van der Waals surface area contributed by atoms with Gasteiger partial charge in [-0.1, -0.05) is 30.3 Å². The van der Waals surface area contributed by atoms with Gasteiger partial charge in [-0.2, -0.15) is 0 Å². The quantitative estimate of drug-likeness (QED) is 0.801. The van der Waals surface area contributed by atoms with Gasteiger partial charge in [-0.3, -0.25) is 0 Å². The molecule has 3 aromatic rings. The number of rotatable bonds is 4. The highest BCUT2D eigenvalue weighted by atomic mass is 19.1. The van der Waals surface area contributed by atoms with Gasteiger partial charge in [0, 0.05) is 17.8 Å². The maximum absolute atomic E-state index is 13.5. The molecular formula is C17H14FN3O. The van der Waals surface area contributed by atoms with Crippen molar-refractivity contribution in [1.29, 1.82) is 0 Å². The minimum Gasteiger partial charge on any atom is -0.488 e. The van der Waals surface area contributed by atoms with Gasteiger partial charge in [0.05, 0.1) is 5.69 Å². The Morgan fingerprint density at radius 3 is 2.64 bits per heavy atom. The largest absolute Gasteiger partial charge is 0.488 e. The Bertz CT molecular complexity index is 778. The van der Waals surface area contributed by atoms with Crippen molar-refractivity contribution < 1.29 is 9.13 Å². The van der Waals surface area contributed by atoms with Crippen LogP contribution in [0.5, 0.6) is 5.75 Å². The van der Waals surface area contributed by atoms with E-state index in [9.17, 15) is 4.39 Å². The first-order chi connectivity index (χ1) is 10.7. The van der Waals surface area contributed by atoms with Crippen molar-refractivity contribution in [2.75, 3.05) is 5.73 Å². The lowest BCUT2D eigenvalue weighted by Crippen LogP contribution is -2.00. The summed E-state index contributed by atoms with van der Waals surface area (Å²) in [5, 5.41) is 0. The molecule has 0 radical (unpaired) electrons. The van der Waals surface area contributed by atoms with Crippen molar-refractivity contribution >= 4 is 5.95 Å². The van der Waals surface area contributed by atoms with Gasteiger partial charge in [0.25, 0.3) is 0 Å². The van der Waals surface area contributed by atoms with Crippen molar-refractivity contribution in [1.82, 2.24) is 9.97 Å². The standard InChI is InChI=1S/C17H14FN3O/c18-13-6-7-14(15-8-9-20-17(19)21-15)16(10-13)22-11-12-4-2-1-3-5-12/h1-10H,11H2,(H2,19,20,21). The predicted molar refractivity (Wildman–Crippen MR) is 82.6 cm³/mol. The number of nitrogens with two attached hydrogens (primary N) is 1. The normalized spacial score (nSPS) is 10.4. The maximum atomic E-state index is 13.5. The minimum absolute atomic E-state index is 0.163. The Balaban J connectivity index is 1.91. The lowest BCUT2D eigenvalue weighted by Gasteiger charge is -2.11. The van der Waals surface area contributed by atoms with Crippen LogP contribution in [0.25, 0.3) is 11.3 Å². The summed E-state index contributed by atoms with van der Waals surface area (Å²) in [7, 11) is 0. The second kappa shape index (κ2) is 6.22. The molecule has 1 heterocycles. The van der Waals surface area contributed by atoms with Gasteiger partial charge in [0.1, 0.15) is 18.2 Å². The zero-order valence-corrected chi connectivity index (χ0v) is 11.7. The lowest BCUT2D eigenvalue weighted by molar-refractivity contribution is 0.306. The lowest BCUT2D eigenvalue weighted by atomic mass is 10.1. The summed E-state index contributed by atoms with van der Waals surface area (Å²) in [5.41, 5.74) is 7.87. The third-order valence-corrected chi connectivity index (χ3v) is 3.13. The fourth-order valence-corrected chi connectivity index (χ4v) is 2.09. The van der Waals surface area contributed by atoms with Crippen LogP contribution < -0.4 is 10.5 Å². The number of anilines is 1. The molecule has 0 bridgehead atoms. The third kappa shape index (κ3) is 3.20. The molecule has 1 aromatic heterocycles. The molecule has 0 aliphatic rings. The number of halogens is 1. The number of aromatic nitrogens is 2. The average Bonchev–Trinajstić information content (AvgIpc) is 2.54. The van der Waals surface area contributed by atoms with Gasteiger partial charge in [-0.05, 0) is 23.8 Å². The first kappa shape index (κ1) is 14.0. The predicted octanol–water partition coefficient (Wildman–Crippen LogP) is 3.44. The molecule has 22 heavy (non-hydrogen) atoms. The number of hydrogen-bond donors (Lipinski definition) is 1. The SMILES string of the molecule is Nc1nccc(-c2ccc(F)cc2OCc2ccccc2)n1. The van der Waals surface area contributed by atoms with Crippen LogP contribution in [0.4, 0.5) is 10.3 Å². The van der Waals surface area contributed by atoms with Crippen molar-refractivity contribution in [2.45, 2.75) is 6.61 Å². The fourth-order valence-electron chi connectivity index (χ4n) is 2.09. The van der Waals surface area contributed by atoms with Gasteiger partial charge in [-0.25, -0.2) is 14.4 Å². The Hall–Kier alpha value is -2.95. The molecule has 0 amide bonds. The summed E-state index contributed by atoms with van der Waals surface area (Å²) in [6.07, 6.45) is 1.56. The molecule has 4 nitrogen and oxygen atoms in total. The van der Waals surface area contributed by atoms with Gasteiger partial charge < -0.3 is 10.5 Å². The van der Waals surface area contributed by atoms with Crippen LogP contribution >= 0.6 is 0 Å². The van der Waals surface area contributed by atoms with E-state index in [1.807, 2.05) is 30.3 Å². The van der Waals surface area contributed by atoms with Crippen LogP contribution in [0.3, 0.4) is 0 Å². The number of nitrogens with zero attached hydrogens (tertiary/aromatic N) is 2. The smallest absolute Gasteiger partial charge is 0.220 e. The number of hydrogen-bond acceptors (Lipinski definition) is 4. The van der Waals surface area contributed by atoms with Gasteiger partial charge in [0.2, 0.25) is 5.95 Å². The van der Waals surface area contributed by atoms with E-state index in [1.54, 1.807) is 18.3 Å². The molecule has 0 spiro atoms. The van der Waals surface area contributed by atoms with Gasteiger partial charge >= 0.3 is 0 Å². The average molecular weight is 295 g/mol. The van der Waals surface area contributed by atoms with E-state index in [-0.39, 0.29) is 11.8 Å². The Labute approximate surface area is 127 Å². The third-order valence-electron chi connectivity index (χ3n) is 3.13. The summed E-state index contributed by atoms with van der Waals surface area (Å²) in [4.78, 5) is 8.01. The first-order valence-corrected chi connectivity index (χ1v) is 6.77. The minimum atomic E-state index is -0.367. The molecule has 5 heteroatoms. The van der Waals surface area contributed by atoms with Crippen LogP contribution in [-0.2, 0) is 6.61 Å². The summed E-state index contributed by atoms with van der Waals surface area (Å²) < 4.78 is 19.3. The highest BCUT2D eigenvalue weighted by Gasteiger charge is 2.10. The van der Waals surface area contributed by atoms with E-state index < -0.39 is 0 Å². The maximum Gasteiger partial charge on any atom is 0.220 e. The summed E-state index contributed by atoms with van der Waals surface area (Å²) in [6, 6.07) is 15.7. The molecule has 3 rings (SSSR count). The monoisotopic (exact) mass is 295 g/mol. The van der Waals surface area contributed by atoms with Crippen LogP contribution in [0.15, 0.2) is 60.8 Å². The van der Waals surface area contributed by atoms with E-state index in [1.165, 1.54) is 12.1 Å². The van der Waals surface area contributed by atoms with Crippen molar-refractivity contribution in [3.8, 4) is 17.0 Å². The zero-order valence-electron chi connectivity index (χ0n) is 11.7. The second-order valence-electron chi connectivity index (χ2n) is 4.71. The van der Waals surface area contributed by atoms with Crippen LogP contribution in [-0.4, -0.2) is 9.97 Å².